The fraction of sp³-hybridized carbons (Fsp3) is 0.250. The van der Waals surface area contributed by atoms with Crippen molar-refractivity contribution in [1.29, 1.82) is 0 Å². The van der Waals surface area contributed by atoms with E-state index in [2.05, 4.69) is 15.9 Å². The van der Waals surface area contributed by atoms with Crippen LogP contribution in [0.3, 0.4) is 0 Å². The number of ether oxygens (including phenoxy) is 1. The lowest BCUT2D eigenvalue weighted by Crippen LogP contribution is -2.28. The Morgan fingerprint density at radius 1 is 1.46 bits per heavy atom. The number of rotatable bonds is 0. The average Bonchev–Trinajstić information content (AvgIpc) is 2.35. The van der Waals surface area contributed by atoms with Crippen molar-refractivity contribution >= 4 is 43.2 Å². The fourth-order valence-electron chi connectivity index (χ4n) is 1.36. The highest BCUT2D eigenvalue weighted by Gasteiger charge is 2.33. The summed E-state index contributed by atoms with van der Waals surface area (Å²) >= 11 is 9.34. The summed E-state index contributed by atoms with van der Waals surface area (Å²) in [7, 11) is 11.6. The largest absolute Gasteiger partial charge is 0.494 e. The second-order valence-corrected chi connectivity index (χ2v) is 4.30. The molecule has 0 atom stereocenters. The third-order valence-electron chi connectivity index (χ3n) is 1.99. The van der Waals surface area contributed by atoms with E-state index in [4.69, 9.17) is 32.0 Å². The summed E-state index contributed by atoms with van der Waals surface area (Å²) in [6.45, 7) is 0.262. The average molecular weight is 253 g/mol. The summed E-state index contributed by atoms with van der Waals surface area (Å²) in [5, 5.41) is -0.448. The van der Waals surface area contributed by atoms with Crippen LogP contribution in [0.1, 0.15) is 5.56 Å². The Bertz CT molecular complexity index is 367. The third-order valence-corrected chi connectivity index (χ3v) is 3.27. The first kappa shape index (κ1) is 9.47. The predicted octanol–water partition coefficient (Wildman–Crippen LogP) is 1.98. The molecule has 0 amide bonds. The Balaban J connectivity index is 2.68. The zero-order chi connectivity index (χ0) is 9.64. The van der Waals surface area contributed by atoms with Gasteiger partial charge in [-0.05, 0) is 33.3 Å². The van der Waals surface area contributed by atoms with Gasteiger partial charge in [-0.25, -0.2) is 0 Å². The van der Waals surface area contributed by atoms with Gasteiger partial charge in [0.05, 0.1) is 27.3 Å². The first-order valence-corrected chi connectivity index (χ1v) is 4.88. The lowest BCUT2D eigenvalue weighted by Gasteiger charge is -2.17. The van der Waals surface area contributed by atoms with Crippen LogP contribution in [0.4, 0.5) is 0 Å². The maximum Gasteiger partial charge on any atom is 0.123 e. The van der Waals surface area contributed by atoms with E-state index in [9.17, 15) is 0 Å². The molecule has 1 nitrogen and oxygen atoms in total. The highest BCUT2D eigenvalue weighted by atomic mass is 79.9. The van der Waals surface area contributed by atoms with Gasteiger partial charge >= 0.3 is 0 Å². The number of benzene rings is 1. The summed E-state index contributed by atoms with van der Waals surface area (Å²) in [5.74, 6) is 0.665. The maximum atomic E-state index is 6.04. The van der Waals surface area contributed by atoms with Crippen molar-refractivity contribution in [3.8, 4) is 5.75 Å². The van der Waals surface area contributed by atoms with Crippen LogP contribution >= 0.6 is 27.5 Å². The zero-order valence-corrected chi connectivity index (χ0v) is 9.02. The SMILES string of the molecule is [B]C1([B])COc2ccc(Br)c(Cl)c21. The van der Waals surface area contributed by atoms with Crippen LogP contribution in [-0.4, -0.2) is 22.3 Å². The van der Waals surface area contributed by atoms with Gasteiger partial charge < -0.3 is 4.74 Å². The van der Waals surface area contributed by atoms with Crippen molar-refractivity contribution in [2.24, 2.45) is 0 Å². The highest BCUT2D eigenvalue weighted by Crippen LogP contribution is 2.42. The summed E-state index contributed by atoms with van der Waals surface area (Å²) in [6.07, 6.45) is 0. The Morgan fingerprint density at radius 3 is 2.85 bits per heavy atom. The zero-order valence-electron chi connectivity index (χ0n) is 6.68. The van der Waals surface area contributed by atoms with Gasteiger partial charge in [-0.3, -0.25) is 0 Å². The van der Waals surface area contributed by atoms with E-state index in [1.807, 2.05) is 6.07 Å². The molecule has 0 spiro atoms. The van der Waals surface area contributed by atoms with Gasteiger partial charge in [-0.1, -0.05) is 11.6 Å². The minimum atomic E-state index is -0.976. The van der Waals surface area contributed by atoms with E-state index >= 15 is 0 Å². The van der Waals surface area contributed by atoms with Gasteiger partial charge in [-0.15, -0.1) is 0 Å². The van der Waals surface area contributed by atoms with Crippen molar-refractivity contribution in [3.63, 3.8) is 0 Å². The minimum absolute atomic E-state index is 0.262. The van der Waals surface area contributed by atoms with E-state index in [1.54, 1.807) is 6.07 Å². The summed E-state index contributed by atoms with van der Waals surface area (Å²) in [4.78, 5) is 0. The number of hydrogen-bond donors (Lipinski definition) is 0. The van der Waals surface area contributed by atoms with Gasteiger partial charge in [0.25, 0.3) is 0 Å². The molecule has 0 saturated heterocycles. The molecule has 62 valence electrons. The molecular weight excluding hydrogens is 249 g/mol. The van der Waals surface area contributed by atoms with Crippen molar-refractivity contribution in [1.82, 2.24) is 0 Å². The molecular formula is C8H4B2BrClO. The molecule has 0 aromatic heterocycles. The second kappa shape index (κ2) is 2.96. The summed E-state index contributed by atoms with van der Waals surface area (Å²) in [6, 6.07) is 3.61. The Morgan fingerprint density at radius 2 is 2.15 bits per heavy atom. The van der Waals surface area contributed by atoms with E-state index in [1.165, 1.54) is 0 Å². The Labute approximate surface area is 92.7 Å². The molecule has 5 heteroatoms. The maximum absolute atomic E-state index is 6.04. The Kier molecular flexibility index (Phi) is 2.16. The fourth-order valence-corrected chi connectivity index (χ4v) is 2.02. The molecule has 1 aromatic carbocycles. The monoisotopic (exact) mass is 252 g/mol. The topological polar surface area (TPSA) is 9.23 Å². The molecule has 4 radical (unpaired) electrons. The quantitative estimate of drug-likeness (QED) is 0.642. The molecule has 0 N–H and O–H groups in total. The van der Waals surface area contributed by atoms with Crippen molar-refractivity contribution in [3.05, 3.63) is 27.2 Å². The van der Waals surface area contributed by atoms with Crippen LogP contribution in [0.5, 0.6) is 5.75 Å². The van der Waals surface area contributed by atoms with Crippen molar-refractivity contribution in [2.45, 2.75) is 5.21 Å². The van der Waals surface area contributed by atoms with Crippen LogP contribution in [-0.2, 0) is 5.21 Å². The molecule has 0 aliphatic carbocycles. The van der Waals surface area contributed by atoms with E-state index in [0.29, 0.717) is 16.3 Å². The second-order valence-electron chi connectivity index (χ2n) is 3.06. The van der Waals surface area contributed by atoms with Crippen LogP contribution in [0.25, 0.3) is 0 Å². The molecule has 2 rings (SSSR count). The standard InChI is InChI=1S/C8H4B2BrClO/c9-8(10)3-13-5-2-1-4(11)7(12)6(5)8/h1-2H,3H2. The molecule has 0 unspecified atom stereocenters. The van der Waals surface area contributed by atoms with E-state index in [0.717, 1.165) is 4.47 Å². The molecule has 13 heavy (non-hydrogen) atoms. The van der Waals surface area contributed by atoms with Gasteiger partial charge in [0.2, 0.25) is 0 Å². The number of hydrogen-bond acceptors (Lipinski definition) is 1. The predicted molar refractivity (Wildman–Crippen MR) is 57.8 cm³/mol. The molecule has 1 aliphatic heterocycles. The van der Waals surface area contributed by atoms with Crippen LogP contribution < -0.4 is 4.74 Å². The van der Waals surface area contributed by atoms with Crippen molar-refractivity contribution in [2.75, 3.05) is 6.61 Å². The summed E-state index contributed by atoms with van der Waals surface area (Å²) in [5.41, 5.74) is 0.670. The lowest BCUT2D eigenvalue weighted by molar-refractivity contribution is 0.343. The molecule has 0 bridgehead atoms. The van der Waals surface area contributed by atoms with Gasteiger partial charge in [0.15, 0.2) is 0 Å². The van der Waals surface area contributed by atoms with Crippen LogP contribution in [0, 0.1) is 0 Å². The van der Waals surface area contributed by atoms with Crippen LogP contribution in [0.15, 0.2) is 16.6 Å². The molecule has 1 heterocycles. The summed E-state index contributed by atoms with van der Waals surface area (Å²) < 4.78 is 6.07. The lowest BCUT2D eigenvalue weighted by atomic mass is 9.52. The highest BCUT2D eigenvalue weighted by molar-refractivity contribution is 9.10. The molecule has 0 fully saturated rings. The van der Waals surface area contributed by atoms with E-state index < -0.39 is 5.21 Å². The Hall–Kier alpha value is -0.0801. The molecule has 1 aliphatic rings. The molecule has 1 aromatic rings. The van der Waals surface area contributed by atoms with Gasteiger partial charge in [-0.2, -0.15) is 0 Å². The van der Waals surface area contributed by atoms with Gasteiger partial charge in [0.1, 0.15) is 5.75 Å². The third kappa shape index (κ3) is 1.40. The normalized spacial score (nSPS) is 18.0. The number of halogens is 2. The van der Waals surface area contributed by atoms with Crippen LogP contribution in [0.2, 0.25) is 5.02 Å². The minimum Gasteiger partial charge on any atom is -0.494 e. The van der Waals surface area contributed by atoms with E-state index in [-0.39, 0.29) is 6.61 Å². The first-order valence-electron chi connectivity index (χ1n) is 3.71. The smallest absolute Gasteiger partial charge is 0.123 e. The van der Waals surface area contributed by atoms with Gasteiger partial charge in [0, 0.05) is 10.0 Å². The molecule has 0 saturated carbocycles. The first-order chi connectivity index (χ1) is 6.02. The number of fused-ring (bicyclic) bond motifs is 1. The van der Waals surface area contributed by atoms with Crippen molar-refractivity contribution < 1.29 is 4.74 Å².